The minimum Gasteiger partial charge on any atom is -0.381 e. The van der Waals surface area contributed by atoms with Gasteiger partial charge < -0.3 is 4.74 Å². The number of rotatable bonds is 4. The number of alkyl halides is 1. The SMILES string of the molecule is CCc1ccc(C(Br)C2CCOCC2)cc1CC. The van der Waals surface area contributed by atoms with E-state index in [4.69, 9.17) is 4.74 Å². The molecule has 1 aliphatic rings. The maximum absolute atomic E-state index is 5.45. The maximum atomic E-state index is 5.45. The minimum atomic E-state index is 0.484. The molecule has 1 saturated heterocycles. The van der Waals surface area contributed by atoms with Crippen LogP contribution in [0.25, 0.3) is 0 Å². The van der Waals surface area contributed by atoms with E-state index in [0.717, 1.165) is 32.0 Å². The normalized spacial score (nSPS) is 18.8. The molecule has 2 heteroatoms. The van der Waals surface area contributed by atoms with E-state index in [1.807, 2.05) is 0 Å². The Morgan fingerprint density at radius 2 is 1.83 bits per heavy atom. The van der Waals surface area contributed by atoms with Crippen molar-refractivity contribution < 1.29 is 4.74 Å². The van der Waals surface area contributed by atoms with E-state index in [9.17, 15) is 0 Å². The molecule has 0 aliphatic carbocycles. The number of hydrogen-bond acceptors (Lipinski definition) is 1. The lowest BCUT2D eigenvalue weighted by Crippen LogP contribution is -2.19. The molecule has 18 heavy (non-hydrogen) atoms. The van der Waals surface area contributed by atoms with Gasteiger partial charge in [0.15, 0.2) is 0 Å². The van der Waals surface area contributed by atoms with Crippen LogP contribution in [0.2, 0.25) is 0 Å². The van der Waals surface area contributed by atoms with Gasteiger partial charge in [-0.15, -0.1) is 0 Å². The van der Waals surface area contributed by atoms with Crippen LogP contribution in [-0.4, -0.2) is 13.2 Å². The first-order valence-corrected chi connectivity index (χ1v) is 8.01. The van der Waals surface area contributed by atoms with Crippen molar-refractivity contribution in [3.8, 4) is 0 Å². The molecule has 1 aliphatic heterocycles. The molecule has 100 valence electrons. The van der Waals surface area contributed by atoms with Crippen molar-refractivity contribution in [3.63, 3.8) is 0 Å². The fourth-order valence-electron chi connectivity index (χ4n) is 2.77. The van der Waals surface area contributed by atoms with Gasteiger partial charge in [-0.2, -0.15) is 0 Å². The Kier molecular flexibility index (Phi) is 5.25. The van der Waals surface area contributed by atoms with Gasteiger partial charge in [0.25, 0.3) is 0 Å². The molecule has 1 atom stereocenters. The molecule has 1 aromatic carbocycles. The quantitative estimate of drug-likeness (QED) is 0.734. The standard InChI is InChI=1S/C16H23BrO/c1-3-12-5-6-15(11-13(12)4-2)16(17)14-7-9-18-10-8-14/h5-6,11,14,16H,3-4,7-10H2,1-2H3. The van der Waals surface area contributed by atoms with Gasteiger partial charge in [-0.1, -0.05) is 48.0 Å². The molecule has 0 saturated carbocycles. The van der Waals surface area contributed by atoms with Gasteiger partial charge in [0.1, 0.15) is 0 Å². The van der Waals surface area contributed by atoms with E-state index in [2.05, 4.69) is 48.0 Å². The van der Waals surface area contributed by atoms with Gasteiger partial charge in [0.05, 0.1) is 0 Å². The second-order valence-corrected chi connectivity index (χ2v) is 6.07. The Hall–Kier alpha value is -0.340. The molecule has 1 fully saturated rings. The number of hydrogen-bond donors (Lipinski definition) is 0. The van der Waals surface area contributed by atoms with Crippen molar-refractivity contribution in [3.05, 3.63) is 34.9 Å². The monoisotopic (exact) mass is 310 g/mol. The summed E-state index contributed by atoms with van der Waals surface area (Å²) >= 11 is 3.90. The third-order valence-electron chi connectivity index (χ3n) is 3.99. The van der Waals surface area contributed by atoms with Gasteiger partial charge in [-0.25, -0.2) is 0 Å². The van der Waals surface area contributed by atoms with E-state index in [0.29, 0.717) is 4.83 Å². The zero-order valence-corrected chi connectivity index (χ0v) is 13.0. The van der Waals surface area contributed by atoms with Gasteiger partial charge in [-0.05, 0) is 48.3 Å². The van der Waals surface area contributed by atoms with Crippen LogP contribution >= 0.6 is 15.9 Å². The molecular formula is C16H23BrO. The fraction of sp³-hybridized carbons (Fsp3) is 0.625. The summed E-state index contributed by atoms with van der Waals surface area (Å²) in [5.74, 6) is 0.718. The van der Waals surface area contributed by atoms with Crippen molar-refractivity contribution in [2.45, 2.75) is 44.4 Å². The second-order valence-electron chi connectivity index (χ2n) is 5.09. The Morgan fingerprint density at radius 3 is 2.44 bits per heavy atom. The van der Waals surface area contributed by atoms with E-state index < -0.39 is 0 Å². The molecule has 2 rings (SSSR count). The van der Waals surface area contributed by atoms with Crippen LogP contribution in [0.4, 0.5) is 0 Å². The van der Waals surface area contributed by atoms with E-state index in [-0.39, 0.29) is 0 Å². The van der Waals surface area contributed by atoms with Crippen molar-refractivity contribution in [2.75, 3.05) is 13.2 Å². The van der Waals surface area contributed by atoms with Crippen molar-refractivity contribution in [1.82, 2.24) is 0 Å². The smallest absolute Gasteiger partial charge is 0.0469 e. The Bertz CT molecular complexity index is 383. The highest BCUT2D eigenvalue weighted by Crippen LogP contribution is 2.37. The summed E-state index contributed by atoms with van der Waals surface area (Å²) in [7, 11) is 0. The van der Waals surface area contributed by atoms with Crippen LogP contribution in [0.15, 0.2) is 18.2 Å². The van der Waals surface area contributed by atoms with Gasteiger partial charge in [0.2, 0.25) is 0 Å². The summed E-state index contributed by atoms with van der Waals surface area (Å²) in [6.07, 6.45) is 4.61. The zero-order valence-electron chi connectivity index (χ0n) is 11.4. The predicted octanol–water partition coefficient (Wildman–Crippen LogP) is 4.67. The van der Waals surface area contributed by atoms with Gasteiger partial charge in [-0.3, -0.25) is 0 Å². The molecular weight excluding hydrogens is 288 g/mol. The van der Waals surface area contributed by atoms with Gasteiger partial charge in [0, 0.05) is 18.0 Å². The summed E-state index contributed by atoms with van der Waals surface area (Å²) in [5.41, 5.74) is 4.44. The molecule has 1 unspecified atom stereocenters. The highest BCUT2D eigenvalue weighted by atomic mass is 79.9. The first kappa shape index (κ1) is 14.1. The fourth-order valence-corrected chi connectivity index (χ4v) is 3.59. The largest absolute Gasteiger partial charge is 0.381 e. The average molecular weight is 311 g/mol. The summed E-state index contributed by atoms with van der Waals surface area (Å²) in [4.78, 5) is 0.484. The van der Waals surface area contributed by atoms with Crippen LogP contribution in [0.5, 0.6) is 0 Å². The minimum absolute atomic E-state index is 0.484. The number of ether oxygens (including phenoxy) is 1. The highest BCUT2D eigenvalue weighted by Gasteiger charge is 2.23. The van der Waals surface area contributed by atoms with E-state index in [1.54, 1.807) is 0 Å². The van der Waals surface area contributed by atoms with Crippen LogP contribution in [0, 0.1) is 5.92 Å². The summed E-state index contributed by atoms with van der Waals surface area (Å²) in [5, 5.41) is 0. The molecule has 1 nitrogen and oxygen atoms in total. The zero-order chi connectivity index (χ0) is 13.0. The van der Waals surface area contributed by atoms with E-state index >= 15 is 0 Å². The lowest BCUT2D eigenvalue weighted by molar-refractivity contribution is 0.0662. The molecule has 0 N–H and O–H groups in total. The molecule has 1 heterocycles. The molecule has 0 aromatic heterocycles. The Labute approximate surface area is 119 Å². The highest BCUT2D eigenvalue weighted by molar-refractivity contribution is 9.09. The molecule has 0 amide bonds. The summed E-state index contributed by atoms with van der Waals surface area (Å²) in [6, 6.07) is 7.00. The number of halogens is 1. The van der Waals surface area contributed by atoms with Crippen molar-refractivity contribution in [1.29, 1.82) is 0 Å². The predicted molar refractivity (Wildman–Crippen MR) is 80.4 cm³/mol. The number of benzene rings is 1. The van der Waals surface area contributed by atoms with Crippen LogP contribution in [0.1, 0.15) is 48.2 Å². The van der Waals surface area contributed by atoms with E-state index in [1.165, 1.54) is 29.5 Å². The van der Waals surface area contributed by atoms with Crippen LogP contribution in [0.3, 0.4) is 0 Å². The van der Waals surface area contributed by atoms with Crippen molar-refractivity contribution >= 4 is 15.9 Å². The van der Waals surface area contributed by atoms with Crippen LogP contribution < -0.4 is 0 Å². The lowest BCUT2D eigenvalue weighted by atomic mass is 9.90. The molecule has 0 spiro atoms. The third kappa shape index (κ3) is 3.16. The first-order valence-electron chi connectivity index (χ1n) is 7.09. The Balaban J connectivity index is 2.16. The van der Waals surface area contributed by atoms with Crippen molar-refractivity contribution in [2.24, 2.45) is 5.92 Å². The first-order chi connectivity index (χ1) is 8.76. The molecule has 0 radical (unpaired) electrons. The van der Waals surface area contributed by atoms with Gasteiger partial charge >= 0.3 is 0 Å². The lowest BCUT2D eigenvalue weighted by Gasteiger charge is -2.27. The molecule has 0 bridgehead atoms. The van der Waals surface area contributed by atoms with Crippen LogP contribution in [-0.2, 0) is 17.6 Å². The average Bonchev–Trinajstić information content (AvgIpc) is 2.46. The summed E-state index contributed by atoms with van der Waals surface area (Å²) < 4.78 is 5.45. The molecule has 1 aromatic rings. The Morgan fingerprint density at radius 1 is 1.17 bits per heavy atom. The number of aryl methyl sites for hydroxylation is 2. The maximum Gasteiger partial charge on any atom is 0.0469 e. The third-order valence-corrected chi connectivity index (χ3v) is 5.27. The topological polar surface area (TPSA) is 9.23 Å². The summed E-state index contributed by atoms with van der Waals surface area (Å²) in [6.45, 7) is 6.31. The second kappa shape index (κ2) is 6.72.